The summed E-state index contributed by atoms with van der Waals surface area (Å²) in [5.74, 6) is 0.326. The average Bonchev–Trinajstić information content (AvgIpc) is 2.90. The van der Waals surface area contributed by atoms with Crippen molar-refractivity contribution >= 4 is 10.0 Å². The van der Waals surface area contributed by atoms with Crippen molar-refractivity contribution in [3.63, 3.8) is 0 Å². The normalized spacial score (nSPS) is 30.7. The molecule has 18 heavy (non-hydrogen) atoms. The van der Waals surface area contributed by atoms with Crippen LogP contribution in [0.1, 0.15) is 51.9 Å². The van der Waals surface area contributed by atoms with Gasteiger partial charge in [0, 0.05) is 18.6 Å². The summed E-state index contributed by atoms with van der Waals surface area (Å²) in [5, 5.41) is 3.48. The van der Waals surface area contributed by atoms with Gasteiger partial charge in [0.25, 0.3) is 0 Å². The summed E-state index contributed by atoms with van der Waals surface area (Å²) in [6.07, 6.45) is 7.26. The van der Waals surface area contributed by atoms with Gasteiger partial charge in [-0.15, -0.1) is 0 Å². The molecule has 5 heteroatoms. The van der Waals surface area contributed by atoms with Gasteiger partial charge in [-0.3, -0.25) is 0 Å². The van der Waals surface area contributed by atoms with Gasteiger partial charge in [0.1, 0.15) is 0 Å². The lowest BCUT2D eigenvalue weighted by molar-refractivity contribution is 0.211. The second-order valence-electron chi connectivity index (χ2n) is 5.55. The Labute approximate surface area is 111 Å². The number of hydrogen-bond acceptors (Lipinski definition) is 3. The summed E-state index contributed by atoms with van der Waals surface area (Å²) < 4.78 is 26.6. The SMILES string of the molecule is CCCCS(=O)(=O)N1CCCCC1C1CCCN1. The largest absolute Gasteiger partial charge is 0.312 e. The Morgan fingerprint density at radius 2 is 2.06 bits per heavy atom. The third kappa shape index (κ3) is 3.25. The number of sulfonamides is 1. The molecule has 0 amide bonds. The van der Waals surface area contributed by atoms with Gasteiger partial charge < -0.3 is 5.32 Å². The quantitative estimate of drug-likeness (QED) is 0.830. The molecule has 2 aliphatic heterocycles. The van der Waals surface area contributed by atoms with E-state index in [9.17, 15) is 8.42 Å². The fourth-order valence-electron chi connectivity index (χ4n) is 3.16. The third-order valence-electron chi connectivity index (χ3n) is 4.17. The number of nitrogens with zero attached hydrogens (tertiary/aromatic N) is 1. The van der Waals surface area contributed by atoms with Gasteiger partial charge in [0.05, 0.1) is 5.75 Å². The summed E-state index contributed by atoms with van der Waals surface area (Å²) >= 11 is 0. The molecule has 2 unspecified atom stereocenters. The van der Waals surface area contributed by atoms with Gasteiger partial charge in [-0.1, -0.05) is 19.8 Å². The van der Waals surface area contributed by atoms with Gasteiger partial charge in [-0.05, 0) is 38.6 Å². The van der Waals surface area contributed by atoms with E-state index in [-0.39, 0.29) is 6.04 Å². The van der Waals surface area contributed by atoms with Crippen LogP contribution in [0.2, 0.25) is 0 Å². The van der Waals surface area contributed by atoms with E-state index >= 15 is 0 Å². The average molecular weight is 274 g/mol. The van der Waals surface area contributed by atoms with Crippen molar-refractivity contribution in [2.75, 3.05) is 18.8 Å². The molecule has 0 aromatic heterocycles. The summed E-state index contributed by atoms with van der Waals surface area (Å²) in [4.78, 5) is 0. The Morgan fingerprint density at radius 1 is 1.22 bits per heavy atom. The van der Waals surface area contributed by atoms with Crippen molar-refractivity contribution in [1.29, 1.82) is 0 Å². The van der Waals surface area contributed by atoms with Crippen molar-refractivity contribution in [2.24, 2.45) is 0 Å². The lowest BCUT2D eigenvalue weighted by Gasteiger charge is -2.38. The van der Waals surface area contributed by atoms with E-state index in [0.717, 1.165) is 45.2 Å². The van der Waals surface area contributed by atoms with Crippen molar-refractivity contribution in [1.82, 2.24) is 9.62 Å². The Kier molecular flexibility index (Phi) is 5.04. The maximum absolute atomic E-state index is 12.4. The van der Waals surface area contributed by atoms with Crippen LogP contribution in [0.3, 0.4) is 0 Å². The zero-order valence-corrected chi connectivity index (χ0v) is 12.2. The smallest absolute Gasteiger partial charge is 0.214 e. The van der Waals surface area contributed by atoms with E-state index in [2.05, 4.69) is 5.32 Å². The van der Waals surface area contributed by atoms with Crippen LogP contribution in [0.4, 0.5) is 0 Å². The van der Waals surface area contributed by atoms with Crippen LogP contribution in [0.25, 0.3) is 0 Å². The predicted octanol–water partition coefficient (Wildman–Crippen LogP) is 1.72. The summed E-state index contributed by atoms with van der Waals surface area (Å²) in [5.41, 5.74) is 0. The zero-order valence-electron chi connectivity index (χ0n) is 11.4. The molecule has 2 aliphatic rings. The molecule has 2 fully saturated rings. The van der Waals surface area contributed by atoms with E-state index in [1.807, 2.05) is 11.2 Å². The van der Waals surface area contributed by atoms with Gasteiger partial charge in [-0.25, -0.2) is 8.42 Å². The molecular formula is C13H26N2O2S. The molecule has 0 aliphatic carbocycles. The molecule has 1 N–H and O–H groups in total. The molecule has 2 rings (SSSR count). The van der Waals surface area contributed by atoms with Crippen LogP contribution in [-0.4, -0.2) is 43.6 Å². The number of hydrogen-bond donors (Lipinski definition) is 1. The first-order chi connectivity index (χ1) is 8.65. The third-order valence-corrected chi connectivity index (χ3v) is 6.15. The molecule has 2 saturated heterocycles. The second kappa shape index (κ2) is 6.35. The van der Waals surface area contributed by atoms with Gasteiger partial charge in [-0.2, -0.15) is 4.31 Å². The standard InChI is InChI=1S/C13H26N2O2S/c1-2-3-11-18(16,17)15-10-5-4-8-13(15)12-7-6-9-14-12/h12-14H,2-11H2,1H3. The van der Waals surface area contributed by atoms with Crippen molar-refractivity contribution in [2.45, 2.75) is 64.0 Å². The Bertz CT molecular complexity index is 350. The number of rotatable bonds is 5. The van der Waals surface area contributed by atoms with Crippen LogP contribution in [0, 0.1) is 0 Å². The lowest BCUT2D eigenvalue weighted by Crippen LogP contribution is -2.53. The van der Waals surface area contributed by atoms with E-state index in [1.54, 1.807) is 0 Å². The first kappa shape index (κ1) is 14.3. The van der Waals surface area contributed by atoms with Crippen LogP contribution in [0.5, 0.6) is 0 Å². The topological polar surface area (TPSA) is 49.4 Å². The molecule has 4 nitrogen and oxygen atoms in total. The van der Waals surface area contributed by atoms with Crippen molar-refractivity contribution < 1.29 is 8.42 Å². The van der Waals surface area contributed by atoms with E-state index < -0.39 is 10.0 Å². The summed E-state index contributed by atoms with van der Waals surface area (Å²) in [7, 11) is -3.04. The minimum atomic E-state index is -3.04. The van der Waals surface area contributed by atoms with Crippen LogP contribution >= 0.6 is 0 Å². The molecule has 2 atom stereocenters. The van der Waals surface area contributed by atoms with Crippen LogP contribution < -0.4 is 5.32 Å². The van der Waals surface area contributed by atoms with Gasteiger partial charge in [0.2, 0.25) is 10.0 Å². The molecule has 0 aromatic carbocycles. The molecule has 2 heterocycles. The number of piperidine rings is 1. The highest BCUT2D eigenvalue weighted by Gasteiger charge is 2.37. The minimum absolute atomic E-state index is 0.211. The Hall–Kier alpha value is -0.130. The number of nitrogens with one attached hydrogen (secondary N) is 1. The molecule has 0 radical (unpaired) electrons. The predicted molar refractivity (Wildman–Crippen MR) is 74.1 cm³/mol. The molecule has 0 aromatic rings. The maximum atomic E-state index is 12.4. The lowest BCUT2D eigenvalue weighted by atomic mass is 9.97. The fourth-order valence-corrected chi connectivity index (χ4v) is 5.12. The maximum Gasteiger partial charge on any atom is 0.214 e. The van der Waals surface area contributed by atoms with E-state index in [0.29, 0.717) is 11.8 Å². The number of unbranched alkanes of at least 4 members (excludes halogenated alkanes) is 1. The summed E-state index contributed by atoms with van der Waals surface area (Å²) in [6, 6.07) is 0.602. The monoisotopic (exact) mass is 274 g/mol. The minimum Gasteiger partial charge on any atom is -0.312 e. The van der Waals surface area contributed by atoms with Crippen molar-refractivity contribution in [3.8, 4) is 0 Å². The van der Waals surface area contributed by atoms with E-state index in [1.165, 1.54) is 12.8 Å². The van der Waals surface area contributed by atoms with Crippen LogP contribution in [-0.2, 0) is 10.0 Å². The first-order valence-electron chi connectivity index (χ1n) is 7.38. The Balaban J connectivity index is 2.06. The molecule has 0 bridgehead atoms. The molecular weight excluding hydrogens is 248 g/mol. The molecule has 0 spiro atoms. The van der Waals surface area contributed by atoms with Crippen molar-refractivity contribution in [3.05, 3.63) is 0 Å². The summed E-state index contributed by atoms with van der Waals surface area (Å²) in [6.45, 7) is 3.82. The van der Waals surface area contributed by atoms with E-state index in [4.69, 9.17) is 0 Å². The highest BCUT2D eigenvalue weighted by molar-refractivity contribution is 7.89. The Morgan fingerprint density at radius 3 is 2.72 bits per heavy atom. The van der Waals surface area contributed by atoms with Gasteiger partial charge in [0.15, 0.2) is 0 Å². The highest BCUT2D eigenvalue weighted by atomic mass is 32.2. The highest BCUT2D eigenvalue weighted by Crippen LogP contribution is 2.27. The van der Waals surface area contributed by atoms with Crippen LogP contribution in [0.15, 0.2) is 0 Å². The molecule has 106 valence electrons. The fraction of sp³-hybridized carbons (Fsp3) is 1.00. The molecule has 0 saturated carbocycles. The van der Waals surface area contributed by atoms with Gasteiger partial charge >= 0.3 is 0 Å². The second-order valence-corrected chi connectivity index (χ2v) is 7.59. The first-order valence-corrected chi connectivity index (χ1v) is 8.99. The zero-order chi connectivity index (χ0) is 13.0.